The Balaban J connectivity index is 2.41. The highest BCUT2D eigenvalue weighted by molar-refractivity contribution is 6.01. The lowest BCUT2D eigenvalue weighted by molar-refractivity contribution is 0.101. The maximum absolute atomic E-state index is 11.8. The molecule has 0 aliphatic heterocycles. The number of imidazole rings is 1. The monoisotopic (exact) mass is 270 g/mol. The van der Waals surface area contributed by atoms with E-state index in [0.29, 0.717) is 22.3 Å². The number of nitrogens with one attached hydrogen (secondary N) is 2. The zero-order chi connectivity index (χ0) is 14.3. The minimum absolute atomic E-state index is 0.150. The highest BCUT2D eigenvalue weighted by Gasteiger charge is 2.12. The Morgan fingerprint density at radius 2 is 1.80 bits per heavy atom. The number of hydrogen-bond donors (Lipinski definition) is 2. The van der Waals surface area contributed by atoms with Gasteiger partial charge in [-0.05, 0) is 19.1 Å². The molecular formula is C13H10N4O3. The number of carbonyl (C=O) groups excluding carboxylic acids is 1. The number of aromatic amines is 2. The van der Waals surface area contributed by atoms with Gasteiger partial charge in [0.05, 0.1) is 23.0 Å². The molecule has 0 fully saturated rings. The number of fused-ring (bicyclic) bond motifs is 1. The van der Waals surface area contributed by atoms with Crippen LogP contribution in [0.15, 0.2) is 40.4 Å². The van der Waals surface area contributed by atoms with E-state index in [1.807, 2.05) is 0 Å². The molecule has 0 bridgehead atoms. The number of Topliss-reactive ketones (excluding diaryl/α,β-unsaturated/α-hetero) is 1. The van der Waals surface area contributed by atoms with Gasteiger partial charge in [0.25, 0.3) is 0 Å². The molecule has 0 atom stereocenters. The molecule has 100 valence electrons. The van der Waals surface area contributed by atoms with Crippen molar-refractivity contribution in [2.24, 2.45) is 0 Å². The van der Waals surface area contributed by atoms with Gasteiger partial charge in [-0.15, -0.1) is 0 Å². The number of carbonyl (C=O) groups is 1. The Morgan fingerprint density at radius 1 is 1.15 bits per heavy atom. The lowest BCUT2D eigenvalue weighted by Crippen LogP contribution is -2.29. The van der Waals surface area contributed by atoms with E-state index < -0.39 is 11.1 Å². The first-order valence-corrected chi connectivity index (χ1v) is 5.86. The molecule has 0 saturated heterocycles. The summed E-state index contributed by atoms with van der Waals surface area (Å²) in [5.74, 6) is -0.150. The second-order valence-electron chi connectivity index (χ2n) is 4.35. The van der Waals surface area contributed by atoms with Crippen LogP contribution in [0, 0.1) is 0 Å². The molecule has 2 aromatic heterocycles. The zero-order valence-electron chi connectivity index (χ0n) is 10.5. The molecule has 0 aliphatic carbocycles. The summed E-state index contributed by atoms with van der Waals surface area (Å²) < 4.78 is 1.67. The Labute approximate surface area is 111 Å². The van der Waals surface area contributed by atoms with E-state index in [2.05, 4.69) is 15.0 Å². The predicted molar refractivity (Wildman–Crippen MR) is 72.3 cm³/mol. The van der Waals surface area contributed by atoms with Gasteiger partial charge in [-0.25, -0.2) is 4.98 Å². The summed E-state index contributed by atoms with van der Waals surface area (Å²) >= 11 is 0. The van der Waals surface area contributed by atoms with Crippen molar-refractivity contribution in [3.8, 4) is 5.69 Å². The van der Waals surface area contributed by atoms with Crippen LogP contribution >= 0.6 is 0 Å². The second kappa shape index (κ2) is 4.30. The molecular weight excluding hydrogens is 260 g/mol. The maximum atomic E-state index is 11.8. The fourth-order valence-electron chi connectivity index (χ4n) is 2.05. The first-order chi connectivity index (χ1) is 9.56. The summed E-state index contributed by atoms with van der Waals surface area (Å²) in [4.78, 5) is 43.3. The molecule has 2 heterocycles. The standard InChI is InChI=1S/C13H10N4O3/c1-7(18)8-4-9-10(16-13(20)12(19)15-9)5-11(8)17-3-2-14-6-17/h2-6H,1H3,(H,15,19)(H,16,20). The van der Waals surface area contributed by atoms with Crippen molar-refractivity contribution in [1.82, 2.24) is 19.5 Å². The van der Waals surface area contributed by atoms with E-state index >= 15 is 0 Å². The van der Waals surface area contributed by atoms with Crippen molar-refractivity contribution in [3.63, 3.8) is 0 Å². The molecule has 0 unspecified atom stereocenters. The number of rotatable bonds is 2. The van der Waals surface area contributed by atoms with Gasteiger partial charge in [0.15, 0.2) is 5.78 Å². The number of ketones is 1. The third-order valence-corrected chi connectivity index (χ3v) is 3.00. The van der Waals surface area contributed by atoms with Crippen LogP contribution in [0.3, 0.4) is 0 Å². The van der Waals surface area contributed by atoms with E-state index in [0.717, 1.165) is 0 Å². The van der Waals surface area contributed by atoms with Gasteiger partial charge in [0.2, 0.25) is 0 Å². The molecule has 7 heteroatoms. The van der Waals surface area contributed by atoms with Gasteiger partial charge >= 0.3 is 11.1 Å². The van der Waals surface area contributed by atoms with E-state index in [1.54, 1.807) is 35.4 Å². The molecule has 3 rings (SSSR count). The molecule has 0 radical (unpaired) electrons. The van der Waals surface area contributed by atoms with Crippen LogP contribution in [-0.2, 0) is 0 Å². The molecule has 7 nitrogen and oxygen atoms in total. The third-order valence-electron chi connectivity index (χ3n) is 3.00. The molecule has 3 aromatic rings. The summed E-state index contributed by atoms with van der Waals surface area (Å²) in [6.07, 6.45) is 4.83. The molecule has 2 N–H and O–H groups in total. The maximum Gasteiger partial charge on any atom is 0.314 e. The average Bonchev–Trinajstić information content (AvgIpc) is 2.92. The summed E-state index contributed by atoms with van der Waals surface area (Å²) in [5.41, 5.74) is 0.391. The topological polar surface area (TPSA) is 101 Å². The smallest absolute Gasteiger partial charge is 0.314 e. The Kier molecular flexibility index (Phi) is 2.60. The van der Waals surface area contributed by atoms with E-state index in [9.17, 15) is 14.4 Å². The zero-order valence-corrected chi connectivity index (χ0v) is 10.5. The SMILES string of the molecule is CC(=O)c1cc2[nH]c(=O)c(=O)[nH]c2cc1-n1ccnc1. The van der Waals surface area contributed by atoms with E-state index in [-0.39, 0.29) is 5.78 Å². The van der Waals surface area contributed by atoms with Crippen LogP contribution < -0.4 is 11.1 Å². The van der Waals surface area contributed by atoms with Crippen LogP contribution in [0.25, 0.3) is 16.7 Å². The van der Waals surface area contributed by atoms with E-state index in [4.69, 9.17) is 0 Å². The van der Waals surface area contributed by atoms with Gasteiger partial charge in [-0.3, -0.25) is 14.4 Å². The van der Waals surface area contributed by atoms with Gasteiger partial charge in [-0.2, -0.15) is 0 Å². The highest BCUT2D eigenvalue weighted by Crippen LogP contribution is 2.20. The molecule has 0 amide bonds. The number of benzene rings is 1. The third kappa shape index (κ3) is 1.85. The number of H-pyrrole nitrogens is 2. The molecule has 0 aliphatic rings. The molecule has 20 heavy (non-hydrogen) atoms. The van der Waals surface area contributed by atoms with Crippen LogP contribution in [0.1, 0.15) is 17.3 Å². The van der Waals surface area contributed by atoms with Gasteiger partial charge in [-0.1, -0.05) is 0 Å². The fourth-order valence-corrected chi connectivity index (χ4v) is 2.05. The van der Waals surface area contributed by atoms with Crippen molar-refractivity contribution in [2.75, 3.05) is 0 Å². The number of hydrogen-bond acceptors (Lipinski definition) is 4. The normalized spacial score (nSPS) is 10.8. The van der Waals surface area contributed by atoms with Crippen molar-refractivity contribution < 1.29 is 4.79 Å². The van der Waals surface area contributed by atoms with Crippen LogP contribution in [0.5, 0.6) is 0 Å². The molecule has 1 aromatic carbocycles. The van der Waals surface area contributed by atoms with Crippen molar-refractivity contribution in [2.45, 2.75) is 6.92 Å². The van der Waals surface area contributed by atoms with Gasteiger partial charge in [0.1, 0.15) is 0 Å². The van der Waals surface area contributed by atoms with Crippen molar-refractivity contribution in [1.29, 1.82) is 0 Å². The largest absolute Gasteiger partial charge is 0.316 e. The quantitative estimate of drug-likeness (QED) is 0.526. The summed E-state index contributed by atoms with van der Waals surface area (Å²) in [7, 11) is 0. The minimum Gasteiger partial charge on any atom is -0.316 e. The predicted octanol–water partition coefficient (Wildman–Crippen LogP) is 0.605. The van der Waals surface area contributed by atoms with Crippen molar-refractivity contribution in [3.05, 3.63) is 57.1 Å². The summed E-state index contributed by atoms with van der Waals surface area (Å²) in [5, 5.41) is 0. The highest BCUT2D eigenvalue weighted by atomic mass is 16.2. The molecule has 0 spiro atoms. The summed E-state index contributed by atoms with van der Waals surface area (Å²) in [6.45, 7) is 1.44. The first kappa shape index (κ1) is 12.1. The van der Waals surface area contributed by atoms with Crippen LogP contribution in [0.4, 0.5) is 0 Å². The van der Waals surface area contributed by atoms with Crippen molar-refractivity contribution >= 4 is 16.8 Å². The Hall–Kier alpha value is -2.96. The number of aromatic nitrogens is 4. The lowest BCUT2D eigenvalue weighted by atomic mass is 10.1. The van der Waals surface area contributed by atoms with E-state index in [1.165, 1.54) is 6.92 Å². The van der Waals surface area contributed by atoms with Crippen LogP contribution in [-0.4, -0.2) is 25.3 Å². The summed E-state index contributed by atoms with van der Waals surface area (Å²) in [6, 6.07) is 3.18. The Bertz CT molecular complexity index is 919. The fraction of sp³-hybridized carbons (Fsp3) is 0.0769. The number of nitrogens with zero attached hydrogens (tertiary/aromatic N) is 2. The first-order valence-electron chi connectivity index (χ1n) is 5.86. The molecule has 0 saturated carbocycles. The minimum atomic E-state index is -0.748. The Morgan fingerprint density at radius 3 is 2.35 bits per heavy atom. The van der Waals surface area contributed by atoms with Crippen LogP contribution in [0.2, 0.25) is 0 Å². The van der Waals surface area contributed by atoms with Gasteiger partial charge in [0, 0.05) is 18.0 Å². The lowest BCUT2D eigenvalue weighted by Gasteiger charge is -2.09. The average molecular weight is 270 g/mol. The second-order valence-corrected chi connectivity index (χ2v) is 4.35. The van der Waals surface area contributed by atoms with Gasteiger partial charge < -0.3 is 14.5 Å².